The summed E-state index contributed by atoms with van der Waals surface area (Å²) in [5, 5.41) is 1.14. The van der Waals surface area contributed by atoms with Crippen LogP contribution in [-0.2, 0) is 0 Å². The first-order valence-electron chi connectivity index (χ1n) is 4.00. The zero-order valence-electron chi connectivity index (χ0n) is 7.84. The molecule has 0 spiro atoms. The van der Waals surface area contributed by atoms with Crippen molar-refractivity contribution in [1.82, 2.24) is 0 Å². The second kappa shape index (κ2) is 3.89. The molecule has 1 aromatic carbocycles. The van der Waals surface area contributed by atoms with E-state index in [1.54, 1.807) is 0 Å². The first-order chi connectivity index (χ1) is 6.00. The summed E-state index contributed by atoms with van der Waals surface area (Å²) in [5.41, 5.74) is 3.03. The number of halogens is 3. The fraction of sp³-hybridized carbons (Fsp3) is 0.333. The largest absolute Gasteiger partial charge is 0.364 e. The van der Waals surface area contributed by atoms with E-state index in [0.29, 0.717) is 15.5 Å². The van der Waals surface area contributed by atoms with E-state index in [1.165, 1.54) is 0 Å². The van der Waals surface area contributed by atoms with Crippen molar-refractivity contribution in [3.8, 4) is 0 Å². The average molecular weight is 219 g/mol. The molecule has 0 bridgehead atoms. The van der Waals surface area contributed by atoms with Gasteiger partial charge in [0.15, 0.2) is 0 Å². The number of benzene rings is 1. The third kappa shape index (κ3) is 1.70. The van der Waals surface area contributed by atoms with Crippen molar-refractivity contribution in [2.24, 2.45) is 0 Å². The molecular weight excluding hydrogens is 209 g/mol. The molecule has 0 N–H and O–H groups in total. The van der Waals surface area contributed by atoms with E-state index < -0.39 is 7.56 Å². The van der Waals surface area contributed by atoms with E-state index in [0.717, 1.165) is 16.7 Å². The lowest BCUT2D eigenvalue weighted by Crippen LogP contribution is -2.19. The van der Waals surface area contributed by atoms with Crippen molar-refractivity contribution in [3.63, 3.8) is 0 Å². The lowest BCUT2D eigenvalue weighted by atomic mass is 9.82. The van der Waals surface area contributed by atoms with E-state index in [9.17, 15) is 4.32 Å². The van der Waals surface area contributed by atoms with Crippen molar-refractivity contribution in [1.29, 1.82) is 0 Å². The molecule has 0 atom stereocenters. The molecule has 0 unspecified atom stereocenters. The maximum atomic E-state index is 12.6. The van der Waals surface area contributed by atoms with E-state index in [4.69, 9.17) is 23.2 Å². The molecule has 0 aliphatic rings. The summed E-state index contributed by atoms with van der Waals surface area (Å²) < 4.78 is 12.6. The molecule has 0 fully saturated rings. The van der Waals surface area contributed by atoms with Gasteiger partial charge in [-0.15, -0.1) is 0 Å². The molecule has 0 aliphatic carbocycles. The molecule has 0 radical (unpaired) electrons. The van der Waals surface area contributed by atoms with Gasteiger partial charge in [-0.3, -0.25) is 0 Å². The second-order valence-corrected chi connectivity index (χ2v) is 3.87. The zero-order chi connectivity index (χ0) is 10.2. The highest BCUT2D eigenvalue weighted by molar-refractivity contribution is 6.50. The number of rotatable bonds is 1. The Bertz CT molecular complexity index is 321. The molecule has 0 nitrogen and oxygen atoms in total. The monoisotopic (exact) mass is 218 g/mol. The minimum absolute atomic E-state index is 0.516. The fourth-order valence-electron chi connectivity index (χ4n) is 1.41. The smallest absolute Gasteiger partial charge is 0.335 e. The standard InChI is InChI=1S/C9H10BCl2F/c1-4-7(10-13)5(2)9(12)6(3)8(4)11/h10H,1-3H3. The molecule has 0 aromatic heterocycles. The Balaban J connectivity index is 3.56. The third-order valence-corrected chi connectivity index (χ3v) is 3.49. The molecule has 1 aromatic rings. The highest BCUT2D eigenvalue weighted by atomic mass is 35.5. The van der Waals surface area contributed by atoms with Crippen molar-refractivity contribution in [2.45, 2.75) is 20.8 Å². The van der Waals surface area contributed by atoms with Gasteiger partial charge in [0.2, 0.25) is 0 Å². The molecule has 70 valence electrons. The van der Waals surface area contributed by atoms with Crippen LogP contribution in [0.1, 0.15) is 16.7 Å². The summed E-state index contributed by atoms with van der Waals surface area (Å²) in [4.78, 5) is 0. The minimum Gasteiger partial charge on any atom is -0.335 e. The lowest BCUT2D eigenvalue weighted by molar-refractivity contribution is 0.883. The first kappa shape index (κ1) is 10.9. The van der Waals surface area contributed by atoms with Crippen LogP contribution in [0.5, 0.6) is 0 Å². The normalized spacial score (nSPS) is 10.3. The topological polar surface area (TPSA) is 0 Å². The number of hydrogen-bond donors (Lipinski definition) is 0. The van der Waals surface area contributed by atoms with Crippen LogP contribution in [0.3, 0.4) is 0 Å². The van der Waals surface area contributed by atoms with Crippen molar-refractivity contribution >= 4 is 36.2 Å². The van der Waals surface area contributed by atoms with E-state index in [2.05, 4.69) is 0 Å². The molecule has 0 aliphatic heterocycles. The van der Waals surface area contributed by atoms with E-state index in [1.807, 2.05) is 20.8 Å². The van der Waals surface area contributed by atoms with Crippen LogP contribution >= 0.6 is 23.2 Å². The summed E-state index contributed by atoms with van der Waals surface area (Å²) in [6, 6.07) is 0. The maximum absolute atomic E-state index is 12.6. The SMILES string of the molecule is Cc1c(Cl)c(C)c(BF)c(C)c1Cl. The molecule has 0 saturated carbocycles. The van der Waals surface area contributed by atoms with Crippen LogP contribution in [0.2, 0.25) is 10.0 Å². The van der Waals surface area contributed by atoms with Gasteiger partial charge < -0.3 is 4.32 Å². The van der Waals surface area contributed by atoms with Crippen LogP contribution in [0, 0.1) is 20.8 Å². The Hall–Kier alpha value is -0.205. The summed E-state index contributed by atoms with van der Waals surface area (Å²) in [6.45, 7) is 5.47. The Morgan fingerprint density at radius 1 is 0.923 bits per heavy atom. The Kier molecular flexibility index (Phi) is 3.25. The Labute approximate surface area is 88.3 Å². The van der Waals surface area contributed by atoms with Gasteiger partial charge in [0.25, 0.3) is 0 Å². The van der Waals surface area contributed by atoms with Crippen LogP contribution < -0.4 is 5.46 Å². The second-order valence-electron chi connectivity index (χ2n) is 3.12. The first-order valence-corrected chi connectivity index (χ1v) is 4.75. The van der Waals surface area contributed by atoms with Crippen molar-refractivity contribution in [3.05, 3.63) is 26.7 Å². The van der Waals surface area contributed by atoms with E-state index in [-0.39, 0.29) is 0 Å². The van der Waals surface area contributed by atoms with Gasteiger partial charge in [0.1, 0.15) is 0 Å². The van der Waals surface area contributed by atoms with Gasteiger partial charge in [0, 0.05) is 10.0 Å². The van der Waals surface area contributed by atoms with Crippen LogP contribution in [0.4, 0.5) is 4.32 Å². The summed E-state index contributed by atoms with van der Waals surface area (Å²) in [5.74, 6) is 0. The van der Waals surface area contributed by atoms with Crippen LogP contribution in [0.25, 0.3) is 0 Å². The van der Waals surface area contributed by atoms with Crippen LogP contribution in [-0.4, -0.2) is 7.56 Å². The van der Waals surface area contributed by atoms with Crippen molar-refractivity contribution < 1.29 is 4.32 Å². The van der Waals surface area contributed by atoms with Gasteiger partial charge in [-0.05, 0) is 42.9 Å². The quantitative estimate of drug-likeness (QED) is 0.637. The Morgan fingerprint density at radius 3 is 1.62 bits per heavy atom. The van der Waals surface area contributed by atoms with Gasteiger partial charge in [-0.1, -0.05) is 23.2 Å². The van der Waals surface area contributed by atoms with E-state index >= 15 is 0 Å². The average Bonchev–Trinajstić information content (AvgIpc) is 2.13. The number of hydrogen-bond acceptors (Lipinski definition) is 0. The minimum atomic E-state index is -0.516. The van der Waals surface area contributed by atoms with Gasteiger partial charge in [-0.25, -0.2) is 0 Å². The predicted octanol–water partition coefficient (Wildman–Crippen LogP) is 2.86. The highest BCUT2D eigenvalue weighted by Gasteiger charge is 2.14. The molecular formula is C9H10BCl2F. The van der Waals surface area contributed by atoms with Crippen LogP contribution in [0.15, 0.2) is 0 Å². The predicted molar refractivity (Wildman–Crippen MR) is 58.6 cm³/mol. The lowest BCUT2D eigenvalue weighted by Gasteiger charge is -2.13. The molecule has 0 amide bonds. The zero-order valence-corrected chi connectivity index (χ0v) is 9.35. The van der Waals surface area contributed by atoms with Gasteiger partial charge >= 0.3 is 7.56 Å². The summed E-state index contributed by atoms with van der Waals surface area (Å²) >= 11 is 12.0. The van der Waals surface area contributed by atoms with Gasteiger partial charge in [0.05, 0.1) is 0 Å². The fourth-order valence-corrected chi connectivity index (χ4v) is 1.87. The molecule has 1 rings (SSSR count). The Morgan fingerprint density at radius 2 is 1.31 bits per heavy atom. The van der Waals surface area contributed by atoms with Crippen molar-refractivity contribution in [2.75, 3.05) is 0 Å². The third-order valence-electron chi connectivity index (χ3n) is 2.36. The molecule has 0 saturated heterocycles. The highest BCUT2D eigenvalue weighted by Crippen LogP contribution is 2.28. The maximum Gasteiger partial charge on any atom is 0.364 e. The van der Waals surface area contributed by atoms with Gasteiger partial charge in [-0.2, -0.15) is 0 Å². The summed E-state index contributed by atoms with van der Waals surface area (Å²) in [7, 11) is -0.516. The molecule has 0 heterocycles. The molecule has 4 heteroatoms. The molecule has 13 heavy (non-hydrogen) atoms. The summed E-state index contributed by atoms with van der Waals surface area (Å²) in [6.07, 6.45) is 0.